The van der Waals surface area contributed by atoms with Crippen molar-refractivity contribution in [3.8, 4) is 0 Å². The van der Waals surface area contributed by atoms with E-state index in [1.54, 1.807) is 0 Å². The van der Waals surface area contributed by atoms with Gasteiger partial charge in [0.2, 0.25) is 5.91 Å². The molecule has 3 nitrogen and oxygen atoms in total. The minimum absolute atomic E-state index is 0.0402. The van der Waals surface area contributed by atoms with Gasteiger partial charge in [-0.05, 0) is 76.2 Å². The van der Waals surface area contributed by atoms with Gasteiger partial charge in [-0.15, -0.1) is 0 Å². The number of furan rings is 1. The second kappa shape index (κ2) is 4.62. The van der Waals surface area contributed by atoms with E-state index in [2.05, 4.69) is 5.32 Å². The number of carbonyl (C=O) groups excluding carboxylic acids is 1. The molecule has 1 amide bonds. The minimum atomic E-state index is -0.0402. The summed E-state index contributed by atoms with van der Waals surface area (Å²) in [7, 11) is 0. The van der Waals surface area contributed by atoms with Crippen molar-refractivity contribution in [2.75, 3.05) is 0 Å². The smallest absolute Gasteiger partial charge is 0.226 e. The first-order valence-electron chi connectivity index (χ1n) is 8.38. The van der Waals surface area contributed by atoms with Crippen LogP contribution in [-0.4, -0.2) is 5.91 Å². The quantitative estimate of drug-likeness (QED) is 0.920. The molecule has 0 saturated heterocycles. The van der Waals surface area contributed by atoms with E-state index in [-0.39, 0.29) is 5.41 Å². The van der Waals surface area contributed by atoms with Crippen LogP contribution in [0.1, 0.15) is 55.6 Å². The highest BCUT2D eigenvalue weighted by Crippen LogP contribution is 2.60. The second-order valence-corrected chi connectivity index (χ2v) is 7.82. The number of aryl methyl sites for hydroxylation is 2. The lowest BCUT2D eigenvalue weighted by Gasteiger charge is -2.55. The molecule has 4 aliphatic carbocycles. The first-order valence-corrected chi connectivity index (χ1v) is 8.38. The van der Waals surface area contributed by atoms with Crippen LogP contribution < -0.4 is 5.32 Å². The summed E-state index contributed by atoms with van der Waals surface area (Å²) < 4.78 is 5.54. The molecule has 1 heterocycles. The first-order chi connectivity index (χ1) is 10.0. The van der Waals surface area contributed by atoms with Crippen molar-refractivity contribution < 1.29 is 9.21 Å². The summed E-state index contributed by atoms with van der Waals surface area (Å²) in [5.41, 5.74) is 1.08. The zero-order valence-electron chi connectivity index (χ0n) is 13.1. The Kier molecular flexibility index (Phi) is 2.95. The molecule has 0 unspecified atom stereocenters. The van der Waals surface area contributed by atoms with Crippen molar-refractivity contribution in [3.63, 3.8) is 0 Å². The predicted octanol–water partition coefficient (Wildman–Crippen LogP) is 3.73. The average Bonchev–Trinajstić information content (AvgIpc) is 2.72. The summed E-state index contributed by atoms with van der Waals surface area (Å²) in [4.78, 5) is 12.8. The van der Waals surface area contributed by atoms with Gasteiger partial charge in [-0.1, -0.05) is 0 Å². The molecule has 1 aromatic heterocycles. The zero-order chi connectivity index (χ0) is 14.6. The van der Waals surface area contributed by atoms with Crippen molar-refractivity contribution in [2.45, 2.75) is 58.9 Å². The molecule has 4 saturated carbocycles. The lowest BCUT2D eigenvalue weighted by atomic mass is 9.49. The Bertz CT molecular complexity index is 536. The van der Waals surface area contributed by atoms with E-state index in [1.807, 2.05) is 19.9 Å². The number of hydrogen-bond acceptors (Lipinski definition) is 2. The summed E-state index contributed by atoms with van der Waals surface area (Å²) in [6, 6.07) is 2.04. The Balaban J connectivity index is 1.46. The molecule has 0 aliphatic heterocycles. The fourth-order valence-electron chi connectivity index (χ4n) is 5.61. The molecule has 4 bridgehead atoms. The Hall–Kier alpha value is -1.25. The van der Waals surface area contributed by atoms with Gasteiger partial charge in [0.05, 0.1) is 0 Å². The largest absolute Gasteiger partial charge is 0.466 e. The molecule has 0 aromatic carbocycles. The van der Waals surface area contributed by atoms with Gasteiger partial charge in [-0.2, -0.15) is 0 Å². The summed E-state index contributed by atoms with van der Waals surface area (Å²) in [5.74, 6) is 4.62. The zero-order valence-corrected chi connectivity index (χ0v) is 13.1. The van der Waals surface area contributed by atoms with Crippen molar-refractivity contribution >= 4 is 5.91 Å². The van der Waals surface area contributed by atoms with E-state index in [1.165, 1.54) is 19.3 Å². The maximum Gasteiger partial charge on any atom is 0.226 e. The van der Waals surface area contributed by atoms with E-state index in [0.29, 0.717) is 12.5 Å². The predicted molar refractivity (Wildman–Crippen MR) is 80.6 cm³/mol. The van der Waals surface area contributed by atoms with Crippen LogP contribution in [0, 0.1) is 37.0 Å². The van der Waals surface area contributed by atoms with Crippen LogP contribution in [-0.2, 0) is 11.3 Å². The van der Waals surface area contributed by atoms with Crippen LogP contribution in [0.5, 0.6) is 0 Å². The number of rotatable bonds is 3. The van der Waals surface area contributed by atoms with Gasteiger partial charge in [0, 0.05) is 17.5 Å². The Morgan fingerprint density at radius 2 is 1.76 bits per heavy atom. The van der Waals surface area contributed by atoms with E-state index in [9.17, 15) is 4.79 Å². The van der Waals surface area contributed by atoms with Crippen molar-refractivity contribution in [3.05, 3.63) is 23.2 Å². The third-order valence-electron chi connectivity index (χ3n) is 6.10. The normalized spacial score (nSPS) is 37.0. The van der Waals surface area contributed by atoms with Crippen molar-refractivity contribution in [2.24, 2.45) is 23.2 Å². The second-order valence-electron chi connectivity index (χ2n) is 7.82. The summed E-state index contributed by atoms with van der Waals surface area (Å²) in [5, 5.41) is 3.21. The number of amides is 1. The van der Waals surface area contributed by atoms with Gasteiger partial charge in [0.25, 0.3) is 0 Å². The molecule has 114 valence electrons. The van der Waals surface area contributed by atoms with Crippen LogP contribution in [0.3, 0.4) is 0 Å². The van der Waals surface area contributed by atoms with Crippen LogP contribution in [0.4, 0.5) is 0 Å². The molecule has 0 spiro atoms. The highest BCUT2D eigenvalue weighted by Gasteiger charge is 2.54. The molecule has 0 radical (unpaired) electrons. The third-order valence-corrected chi connectivity index (χ3v) is 6.10. The molecule has 4 aliphatic rings. The number of hydrogen-bond donors (Lipinski definition) is 1. The molecular weight excluding hydrogens is 262 g/mol. The molecule has 1 N–H and O–H groups in total. The fraction of sp³-hybridized carbons (Fsp3) is 0.722. The Labute approximate surface area is 126 Å². The first kappa shape index (κ1) is 13.4. The molecule has 3 heteroatoms. The minimum Gasteiger partial charge on any atom is -0.466 e. The van der Waals surface area contributed by atoms with Gasteiger partial charge in [-0.25, -0.2) is 0 Å². The molecule has 4 fully saturated rings. The SMILES string of the molecule is Cc1cc(CNC(=O)C23CC4CC(CC(C4)C2)C3)c(C)o1. The molecular formula is C18H25NO2. The Morgan fingerprint density at radius 1 is 1.19 bits per heavy atom. The van der Waals surface area contributed by atoms with Gasteiger partial charge in [0.15, 0.2) is 0 Å². The van der Waals surface area contributed by atoms with Crippen LogP contribution in [0.2, 0.25) is 0 Å². The summed E-state index contributed by atoms with van der Waals surface area (Å²) in [6.07, 6.45) is 7.54. The summed E-state index contributed by atoms with van der Waals surface area (Å²) >= 11 is 0. The molecule has 5 rings (SSSR count). The standard InChI is InChI=1S/C18H25NO2/c1-11-3-16(12(2)21-11)10-19-17(20)18-7-13-4-14(8-18)6-15(5-13)9-18/h3,13-15H,4-10H2,1-2H3,(H,19,20). The van der Waals surface area contributed by atoms with Gasteiger partial charge in [0.1, 0.15) is 11.5 Å². The van der Waals surface area contributed by atoms with E-state index in [4.69, 9.17) is 4.42 Å². The van der Waals surface area contributed by atoms with Gasteiger partial charge in [-0.3, -0.25) is 4.79 Å². The van der Waals surface area contributed by atoms with E-state index in [0.717, 1.165) is 54.1 Å². The molecule has 1 aromatic rings. The van der Waals surface area contributed by atoms with Crippen LogP contribution >= 0.6 is 0 Å². The highest BCUT2D eigenvalue weighted by molar-refractivity contribution is 5.83. The average molecular weight is 287 g/mol. The van der Waals surface area contributed by atoms with Crippen molar-refractivity contribution in [1.29, 1.82) is 0 Å². The fourth-order valence-corrected chi connectivity index (χ4v) is 5.61. The number of nitrogens with one attached hydrogen (secondary N) is 1. The van der Waals surface area contributed by atoms with E-state index >= 15 is 0 Å². The maximum atomic E-state index is 12.8. The maximum absolute atomic E-state index is 12.8. The van der Waals surface area contributed by atoms with Crippen LogP contribution in [0.25, 0.3) is 0 Å². The van der Waals surface area contributed by atoms with E-state index < -0.39 is 0 Å². The Morgan fingerprint density at radius 3 is 2.24 bits per heavy atom. The number of carbonyl (C=O) groups is 1. The molecule has 0 atom stereocenters. The topological polar surface area (TPSA) is 42.2 Å². The summed E-state index contributed by atoms with van der Waals surface area (Å²) in [6.45, 7) is 4.54. The van der Waals surface area contributed by atoms with Gasteiger partial charge >= 0.3 is 0 Å². The highest BCUT2D eigenvalue weighted by atomic mass is 16.3. The lowest BCUT2D eigenvalue weighted by Crippen LogP contribution is -2.53. The lowest BCUT2D eigenvalue weighted by molar-refractivity contribution is -0.146. The van der Waals surface area contributed by atoms with Crippen molar-refractivity contribution in [1.82, 2.24) is 5.32 Å². The third kappa shape index (κ3) is 2.21. The monoisotopic (exact) mass is 287 g/mol. The van der Waals surface area contributed by atoms with Gasteiger partial charge < -0.3 is 9.73 Å². The van der Waals surface area contributed by atoms with Crippen LogP contribution in [0.15, 0.2) is 10.5 Å². The molecule has 21 heavy (non-hydrogen) atoms.